The second-order valence-electron chi connectivity index (χ2n) is 16.0. The highest BCUT2D eigenvalue weighted by molar-refractivity contribution is 6.27. The Balaban J connectivity index is 1.19. The van der Waals surface area contributed by atoms with Crippen LogP contribution < -0.4 is 0 Å². The van der Waals surface area contributed by atoms with E-state index in [1.807, 2.05) is 36.4 Å². The minimum atomic E-state index is 0.613. The predicted octanol–water partition coefficient (Wildman–Crippen LogP) is 14.2. The Labute approximate surface area is 362 Å². The summed E-state index contributed by atoms with van der Waals surface area (Å²) in [5.74, 6) is 1.87. The molecule has 0 aliphatic heterocycles. The van der Waals surface area contributed by atoms with Gasteiger partial charge in [0.25, 0.3) is 0 Å². The number of nitrogens with zero attached hydrogens (tertiary/aromatic N) is 6. The highest BCUT2D eigenvalue weighted by Gasteiger charge is 2.24. The van der Waals surface area contributed by atoms with Crippen LogP contribution in [0, 0.1) is 0 Å². The van der Waals surface area contributed by atoms with E-state index < -0.39 is 0 Å². The van der Waals surface area contributed by atoms with Crippen molar-refractivity contribution in [2.45, 2.75) is 0 Å². The first-order chi connectivity index (χ1) is 31.3. The molecule has 0 spiro atoms. The average molecular weight is 805 g/mol. The van der Waals surface area contributed by atoms with Crippen molar-refractivity contribution in [1.29, 1.82) is 0 Å². The van der Waals surface area contributed by atoms with Crippen LogP contribution in [0.15, 0.2) is 218 Å². The van der Waals surface area contributed by atoms with Gasteiger partial charge in [-0.15, -0.1) is 0 Å². The van der Waals surface area contributed by atoms with Crippen LogP contribution in [0.25, 0.3) is 117 Å². The summed E-state index contributed by atoms with van der Waals surface area (Å²) in [5, 5.41) is 7.14. The molecule has 4 heterocycles. The molecular weight excluding hydrogens is 769 g/mol. The number of hydrogen-bond donors (Lipinski definition) is 0. The van der Waals surface area contributed by atoms with Crippen molar-refractivity contribution in [3.05, 3.63) is 218 Å². The molecule has 0 saturated heterocycles. The standard InChI is InChI=1S/C57H36N6/c1-5-18-37(19-6-1)55-58-56(38-20-7-2-8-21-38)60-57(59-55)39-32-33-46-51(36-39)63(50-31-17-28-44-42-26-13-15-29-47(42)61(53(44)50)40-22-9-3-10-23-40)49-35-34-45-43-27-14-16-30-48(43)62(54(45)52(46)49)41-24-11-4-12-25-41/h1-36H. The second-order valence-corrected chi connectivity index (χ2v) is 16.0. The number of benzene rings is 9. The lowest BCUT2D eigenvalue weighted by Gasteiger charge is -2.15. The molecule has 0 bridgehead atoms. The molecule has 0 unspecified atom stereocenters. The Hall–Kier alpha value is -8.61. The van der Waals surface area contributed by atoms with Crippen LogP contribution >= 0.6 is 0 Å². The fraction of sp³-hybridized carbons (Fsp3) is 0. The summed E-state index contributed by atoms with van der Waals surface area (Å²) >= 11 is 0. The molecule has 6 heteroatoms. The summed E-state index contributed by atoms with van der Waals surface area (Å²) in [6, 6.07) is 77.4. The Bertz CT molecular complexity index is 3830. The van der Waals surface area contributed by atoms with Crippen LogP contribution in [0.3, 0.4) is 0 Å². The first-order valence-electron chi connectivity index (χ1n) is 21.3. The number of aromatic nitrogens is 6. The van der Waals surface area contributed by atoms with Gasteiger partial charge in [0.1, 0.15) is 0 Å². The van der Waals surface area contributed by atoms with E-state index in [9.17, 15) is 0 Å². The summed E-state index contributed by atoms with van der Waals surface area (Å²) in [5.41, 5.74) is 12.9. The first kappa shape index (κ1) is 35.2. The van der Waals surface area contributed by atoms with Gasteiger partial charge in [0.05, 0.1) is 38.8 Å². The molecule has 6 nitrogen and oxygen atoms in total. The topological polar surface area (TPSA) is 53.5 Å². The van der Waals surface area contributed by atoms with Gasteiger partial charge in [-0.05, 0) is 54.6 Å². The Morgan fingerprint density at radius 3 is 1.32 bits per heavy atom. The zero-order chi connectivity index (χ0) is 41.4. The lowest BCUT2D eigenvalue weighted by Crippen LogP contribution is -2.01. The largest absolute Gasteiger partial charge is 0.309 e. The minimum Gasteiger partial charge on any atom is -0.309 e. The van der Waals surface area contributed by atoms with Crippen LogP contribution in [-0.4, -0.2) is 28.7 Å². The third-order valence-electron chi connectivity index (χ3n) is 12.5. The van der Waals surface area contributed by atoms with Gasteiger partial charge in [0, 0.05) is 60.4 Å². The second kappa shape index (κ2) is 14.0. The molecule has 0 aliphatic carbocycles. The van der Waals surface area contributed by atoms with Crippen LogP contribution in [-0.2, 0) is 0 Å². The number of para-hydroxylation sites is 5. The van der Waals surface area contributed by atoms with Crippen molar-refractivity contribution in [3.63, 3.8) is 0 Å². The molecule has 4 aromatic heterocycles. The van der Waals surface area contributed by atoms with Crippen molar-refractivity contribution >= 4 is 65.4 Å². The van der Waals surface area contributed by atoms with E-state index in [0.717, 1.165) is 61.2 Å². The maximum atomic E-state index is 5.19. The van der Waals surface area contributed by atoms with Gasteiger partial charge in [-0.3, -0.25) is 0 Å². The average Bonchev–Trinajstić information content (AvgIpc) is 4.00. The van der Waals surface area contributed by atoms with Gasteiger partial charge in [-0.25, -0.2) is 15.0 Å². The molecule has 0 amide bonds. The number of rotatable bonds is 6. The SMILES string of the molecule is c1ccc(-c2nc(-c3ccccc3)nc(-c3ccc4c5c(ccc6c7ccccc7n(-c7ccccc7)c65)n(-c5cccc6c7ccccc7n(-c7ccccc7)c56)c4c3)n2)cc1. The minimum absolute atomic E-state index is 0.613. The van der Waals surface area contributed by atoms with E-state index >= 15 is 0 Å². The molecule has 13 rings (SSSR count). The van der Waals surface area contributed by atoms with E-state index in [2.05, 4.69) is 196 Å². The molecule has 0 atom stereocenters. The van der Waals surface area contributed by atoms with Crippen molar-refractivity contribution in [3.8, 4) is 51.2 Å². The third kappa shape index (κ3) is 5.41. The zero-order valence-electron chi connectivity index (χ0n) is 34.0. The molecule has 294 valence electrons. The number of hydrogen-bond acceptors (Lipinski definition) is 3. The van der Waals surface area contributed by atoms with Crippen LogP contribution in [0.2, 0.25) is 0 Å². The molecule has 0 aliphatic rings. The van der Waals surface area contributed by atoms with E-state index in [0.29, 0.717) is 17.5 Å². The summed E-state index contributed by atoms with van der Waals surface area (Å²) in [6.45, 7) is 0. The summed E-state index contributed by atoms with van der Waals surface area (Å²) in [4.78, 5) is 15.4. The van der Waals surface area contributed by atoms with Gasteiger partial charge in [-0.1, -0.05) is 164 Å². The summed E-state index contributed by atoms with van der Waals surface area (Å²) in [7, 11) is 0. The van der Waals surface area contributed by atoms with Gasteiger partial charge < -0.3 is 13.7 Å². The molecule has 0 N–H and O–H groups in total. The Morgan fingerprint density at radius 1 is 0.270 bits per heavy atom. The van der Waals surface area contributed by atoms with Crippen molar-refractivity contribution in [1.82, 2.24) is 28.7 Å². The summed E-state index contributed by atoms with van der Waals surface area (Å²) < 4.78 is 7.33. The van der Waals surface area contributed by atoms with E-state index in [4.69, 9.17) is 15.0 Å². The monoisotopic (exact) mass is 804 g/mol. The highest BCUT2D eigenvalue weighted by atomic mass is 15.1. The van der Waals surface area contributed by atoms with Crippen molar-refractivity contribution in [2.75, 3.05) is 0 Å². The van der Waals surface area contributed by atoms with Crippen LogP contribution in [0.5, 0.6) is 0 Å². The van der Waals surface area contributed by atoms with E-state index in [1.165, 1.54) is 38.0 Å². The highest BCUT2D eigenvalue weighted by Crippen LogP contribution is 2.45. The molecule has 13 aromatic rings. The quantitative estimate of drug-likeness (QED) is 0.168. The van der Waals surface area contributed by atoms with Crippen molar-refractivity contribution < 1.29 is 0 Å². The van der Waals surface area contributed by atoms with E-state index in [-0.39, 0.29) is 0 Å². The molecule has 9 aromatic carbocycles. The van der Waals surface area contributed by atoms with E-state index in [1.54, 1.807) is 0 Å². The Morgan fingerprint density at radius 2 is 0.730 bits per heavy atom. The molecular formula is C57H36N6. The van der Waals surface area contributed by atoms with Gasteiger partial charge in [0.2, 0.25) is 0 Å². The fourth-order valence-electron chi connectivity index (χ4n) is 9.76. The van der Waals surface area contributed by atoms with Gasteiger partial charge in [-0.2, -0.15) is 0 Å². The van der Waals surface area contributed by atoms with Crippen molar-refractivity contribution in [2.24, 2.45) is 0 Å². The molecule has 0 radical (unpaired) electrons. The molecule has 63 heavy (non-hydrogen) atoms. The maximum Gasteiger partial charge on any atom is 0.164 e. The smallest absolute Gasteiger partial charge is 0.164 e. The fourth-order valence-corrected chi connectivity index (χ4v) is 9.76. The molecule has 0 fully saturated rings. The lowest BCUT2D eigenvalue weighted by atomic mass is 10.1. The third-order valence-corrected chi connectivity index (χ3v) is 12.5. The normalized spacial score (nSPS) is 11.8. The zero-order valence-corrected chi connectivity index (χ0v) is 34.0. The summed E-state index contributed by atoms with van der Waals surface area (Å²) in [6.07, 6.45) is 0. The van der Waals surface area contributed by atoms with Crippen LogP contribution in [0.4, 0.5) is 0 Å². The van der Waals surface area contributed by atoms with Gasteiger partial charge in [0.15, 0.2) is 17.5 Å². The maximum absolute atomic E-state index is 5.19. The molecule has 0 saturated carbocycles. The lowest BCUT2D eigenvalue weighted by molar-refractivity contribution is 1.07. The van der Waals surface area contributed by atoms with Crippen LogP contribution in [0.1, 0.15) is 0 Å². The Kier molecular flexibility index (Phi) is 7.80. The van der Waals surface area contributed by atoms with Gasteiger partial charge >= 0.3 is 0 Å². The predicted molar refractivity (Wildman–Crippen MR) is 259 cm³/mol. The first-order valence-corrected chi connectivity index (χ1v) is 21.3. The number of fused-ring (bicyclic) bond motifs is 10.